The van der Waals surface area contributed by atoms with E-state index in [1.165, 1.54) is 5.41 Å². The number of halogens is 1. The van der Waals surface area contributed by atoms with Gasteiger partial charge in [0.25, 0.3) is 0 Å². The Kier molecular flexibility index (Phi) is 4.23. The molecule has 0 aromatic heterocycles. The number of hydrogen-bond donors (Lipinski definition) is 0. The fourth-order valence-electron chi connectivity index (χ4n) is 2.60. The normalized spacial score (nSPS) is 19.2. The highest BCUT2D eigenvalue weighted by atomic mass is 35.5. The highest BCUT2D eigenvalue weighted by molar-refractivity contribution is 7.94. The molecule has 2 aromatic carbocycles. The van der Waals surface area contributed by atoms with E-state index in [4.69, 9.17) is 11.6 Å². The van der Waals surface area contributed by atoms with E-state index in [2.05, 4.69) is 4.90 Å². The molecule has 1 heterocycles. The third-order valence-electron chi connectivity index (χ3n) is 3.64. The summed E-state index contributed by atoms with van der Waals surface area (Å²) in [5, 5.41) is 1.99. The number of para-hydroxylation sites is 1. The summed E-state index contributed by atoms with van der Waals surface area (Å²) >= 11 is 6.05. The van der Waals surface area contributed by atoms with Crippen LogP contribution in [0.5, 0.6) is 0 Å². The number of rotatable bonds is 4. The zero-order valence-corrected chi connectivity index (χ0v) is 13.5. The second kappa shape index (κ2) is 6.15. The molecule has 1 atom stereocenters. The summed E-state index contributed by atoms with van der Waals surface area (Å²) in [7, 11) is -3.10. The molecule has 114 valence electrons. The molecule has 0 spiro atoms. The first kappa shape index (κ1) is 15.1. The van der Waals surface area contributed by atoms with Gasteiger partial charge in [-0.05, 0) is 35.9 Å². The monoisotopic (exact) mass is 333 g/mol. The van der Waals surface area contributed by atoms with Gasteiger partial charge in [-0.2, -0.15) is 0 Å². The summed E-state index contributed by atoms with van der Waals surface area (Å²) in [5.74, 6) is 0.114. The van der Waals surface area contributed by atoms with Crippen LogP contribution in [0.3, 0.4) is 0 Å². The molecule has 0 saturated heterocycles. The maximum Gasteiger partial charge on any atom is 0.173 e. The lowest BCUT2D eigenvalue weighted by atomic mass is 10.1. The molecular weight excluding hydrogens is 318 g/mol. The number of benzene rings is 2. The topological polar surface area (TPSA) is 37.4 Å². The van der Waals surface area contributed by atoms with E-state index in [0.29, 0.717) is 11.6 Å². The zero-order valence-electron chi connectivity index (χ0n) is 11.9. The Bertz CT molecular complexity index is 787. The molecule has 22 heavy (non-hydrogen) atoms. The predicted molar refractivity (Wildman–Crippen MR) is 90.8 cm³/mol. The first-order valence-corrected chi connectivity index (χ1v) is 9.10. The Hall–Kier alpha value is -1.78. The van der Waals surface area contributed by atoms with Crippen LogP contribution in [0.15, 0.2) is 66.1 Å². The van der Waals surface area contributed by atoms with Gasteiger partial charge in [0.2, 0.25) is 0 Å². The smallest absolute Gasteiger partial charge is 0.173 e. The van der Waals surface area contributed by atoms with Crippen LogP contribution in [-0.2, 0) is 16.4 Å². The molecule has 1 aliphatic heterocycles. The maximum absolute atomic E-state index is 11.7. The minimum atomic E-state index is -3.10. The van der Waals surface area contributed by atoms with Crippen LogP contribution in [0, 0.1) is 0 Å². The van der Waals surface area contributed by atoms with Crippen molar-refractivity contribution in [3.8, 4) is 0 Å². The minimum Gasteiger partial charge on any atom is -0.360 e. The molecule has 0 bridgehead atoms. The molecule has 0 N–H and O–H groups in total. The van der Waals surface area contributed by atoms with Crippen molar-refractivity contribution in [2.24, 2.45) is 0 Å². The fraction of sp³-hybridized carbons (Fsp3) is 0.176. The highest BCUT2D eigenvalue weighted by Gasteiger charge is 2.27. The van der Waals surface area contributed by atoms with Gasteiger partial charge in [-0.1, -0.05) is 41.9 Å². The molecule has 0 saturated carbocycles. The van der Waals surface area contributed by atoms with Gasteiger partial charge in [0.1, 0.15) is 0 Å². The Morgan fingerprint density at radius 3 is 2.50 bits per heavy atom. The Morgan fingerprint density at radius 2 is 1.86 bits per heavy atom. The summed E-state index contributed by atoms with van der Waals surface area (Å²) in [4.78, 5) is 2.09. The Morgan fingerprint density at radius 1 is 1.09 bits per heavy atom. The van der Waals surface area contributed by atoms with Crippen molar-refractivity contribution >= 4 is 27.1 Å². The average molecular weight is 334 g/mol. The molecule has 5 heteroatoms. The van der Waals surface area contributed by atoms with Crippen LogP contribution in [0.2, 0.25) is 5.02 Å². The first-order valence-electron chi connectivity index (χ1n) is 7.01. The SMILES string of the molecule is O=S1(=O)C=C[C@@H](N(Cc2cccc(Cl)c2)c2ccccc2)C1. The van der Waals surface area contributed by atoms with Crippen molar-refractivity contribution in [3.63, 3.8) is 0 Å². The van der Waals surface area contributed by atoms with E-state index in [1.54, 1.807) is 6.08 Å². The van der Waals surface area contributed by atoms with Crippen LogP contribution in [0.25, 0.3) is 0 Å². The molecule has 1 aliphatic rings. The summed E-state index contributed by atoms with van der Waals surface area (Å²) < 4.78 is 23.5. The van der Waals surface area contributed by atoms with E-state index in [1.807, 2.05) is 54.6 Å². The minimum absolute atomic E-state index is 0.114. The number of anilines is 1. The van der Waals surface area contributed by atoms with E-state index in [9.17, 15) is 8.42 Å². The van der Waals surface area contributed by atoms with E-state index in [-0.39, 0.29) is 11.8 Å². The van der Waals surface area contributed by atoms with Gasteiger partial charge in [-0.3, -0.25) is 0 Å². The van der Waals surface area contributed by atoms with Crippen molar-refractivity contribution in [1.82, 2.24) is 0 Å². The van der Waals surface area contributed by atoms with Crippen molar-refractivity contribution in [1.29, 1.82) is 0 Å². The van der Waals surface area contributed by atoms with Gasteiger partial charge >= 0.3 is 0 Å². The Labute approximate surface area is 135 Å². The second-order valence-corrected chi connectivity index (χ2v) is 7.69. The van der Waals surface area contributed by atoms with Crippen molar-refractivity contribution in [2.75, 3.05) is 10.7 Å². The van der Waals surface area contributed by atoms with Crippen LogP contribution in [0.4, 0.5) is 5.69 Å². The molecule has 0 unspecified atom stereocenters. The lowest BCUT2D eigenvalue weighted by molar-refractivity contribution is 0.601. The highest BCUT2D eigenvalue weighted by Crippen LogP contribution is 2.25. The number of nitrogens with zero attached hydrogens (tertiary/aromatic N) is 1. The zero-order chi connectivity index (χ0) is 15.6. The van der Waals surface area contributed by atoms with Crippen molar-refractivity contribution in [3.05, 3.63) is 76.7 Å². The lowest BCUT2D eigenvalue weighted by Gasteiger charge is -2.30. The van der Waals surface area contributed by atoms with Gasteiger partial charge < -0.3 is 4.90 Å². The third-order valence-corrected chi connectivity index (χ3v) is 5.25. The quantitative estimate of drug-likeness (QED) is 0.857. The fourth-order valence-corrected chi connectivity index (χ4v) is 4.12. The van der Waals surface area contributed by atoms with Crippen molar-refractivity contribution < 1.29 is 8.42 Å². The summed E-state index contributed by atoms with van der Waals surface area (Å²) in [6.07, 6.45) is 1.76. The van der Waals surface area contributed by atoms with Crippen LogP contribution in [0.1, 0.15) is 5.56 Å². The third kappa shape index (κ3) is 3.51. The van der Waals surface area contributed by atoms with Crippen LogP contribution in [-0.4, -0.2) is 20.2 Å². The molecule has 0 aliphatic carbocycles. The Balaban J connectivity index is 1.92. The van der Waals surface area contributed by atoms with Gasteiger partial charge in [-0.25, -0.2) is 8.42 Å². The van der Waals surface area contributed by atoms with Crippen LogP contribution < -0.4 is 4.90 Å². The first-order chi connectivity index (χ1) is 10.5. The predicted octanol–water partition coefficient (Wildman–Crippen LogP) is 3.66. The van der Waals surface area contributed by atoms with Gasteiger partial charge in [0.05, 0.1) is 11.8 Å². The molecule has 0 fully saturated rings. The van der Waals surface area contributed by atoms with Gasteiger partial charge in [-0.15, -0.1) is 0 Å². The molecule has 3 rings (SSSR count). The van der Waals surface area contributed by atoms with Gasteiger partial charge in [0.15, 0.2) is 9.84 Å². The van der Waals surface area contributed by atoms with Crippen molar-refractivity contribution in [2.45, 2.75) is 12.6 Å². The van der Waals surface area contributed by atoms with E-state index < -0.39 is 9.84 Å². The summed E-state index contributed by atoms with van der Waals surface area (Å²) in [5.41, 5.74) is 2.04. The van der Waals surface area contributed by atoms with Crippen LogP contribution >= 0.6 is 11.6 Å². The summed E-state index contributed by atoms with van der Waals surface area (Å²) in [6.45, 7) is 0.606. The molecular formula is C17H16ClNO2S. The maximum atomic E-state index is 11.7. The lowest BCUT2D eigenvalue weighted by Crippen LogP contribution is -2.35. The standard InChI is InChI=1S/C17H16ClNO2S/c18-15-6-4-5-14(11-15)12-19(16-7-2-1-3-8-16)17-9-10-22(20,21)13-17/h1-11,17H,12-13H2/t17-/m1/s1. The summed E-state index contributed by atoms with van der Waals surface area (Å²) in [6, 6.07) is 17.3. The van der Waals surface area contributed by atoms with E-state index in [0.717, 1.165) is 11.3 Å². The molecule has 2 aromatic rings. The average Bonchev–Trinajstić information content (AvgIpc) is 2.86. The van der Waals surface area contributed by atoms with E-state index >= 15 is 0 Å². The second-order valence-electron chi connectivity index (χ2n) is 5.32. The largest absolute Gasteiger partial charge is 0.360 e. The molecule has 0 amide bonds. The number of hydrogen-bond acceptors (Lipinski definition) is 3. The van der Waals surface area contributed by atoms with Gasteiger partial charge in [0, 0.05) is 22.7 Å². The molecule has 0 radical (unpaired) electrons. The molecule has 3 nitrogen and oxygen atoms in total. The number of sulfone groups is 1.